The minimum atomic E-state index is -0.555. The Labute approximate surface area is 145 Å². The van der Waals surface area contributed by atoms with Crippen molar-refractivity contribution < 1.29 is 14.1 Å². The zero-order valence-corrected chi connectivity index (χ0v) is 14.3. The van der Waals surface area contributed by atoms with Gasteiger partial charge in [-0.25, -0.2) is 4.39 Å². The molecule has 0 radical (unpaired) electrons. The van der Waals surface area contributed by atoms with Crippen molar-refractivity contribution in [3.05, 3.63) is 75.1 Å². The smallest absolute Gasteiger partial charge is 0.285 e. The monoisotopic (exact) mass is 345 g/mol. The van der Waals surface area contributed by atoms with Crippen molar-refractivity contribution in [2.75, 3.05) is 20.6 Å². The van der Waals surface area contributed by atoms with E-state index in [0.29, 0.717) is 11.1 Å². The second kappa shape index (κ2) is 7.85. The second-order valence-electron chi connectivity index (χ2n) is 5.97. The van der Waals surface area contributed by atoms with E-state index in [1.807, 2.05) is 19.0 Å². The van der Waals surface area contributed by atoms with Gasteiger partial charge in [-0.15, -0.1) is 0 Å². The fourth-order valence-electron chi connectivity index (χ4n) is 2.68. The van der Waals surface area contributed by atoms with Crippen molar-refractivity contribution in [1.29, 1.82) is 0 Å². The summed E-state index contributed by atoms with van der Waals surface area (Å²) in [7, 11) is 3.63. The maximum Gasteiger partial charge on any atom is 0.285 e. The zero-order chi connectivity index (χ0) is 18.6. The Morgan fingerprint density at radius 3 is 2.56 bits per heavy atom. The van der Waals surface area contributed by atoms with Crippen molar-refractivity contribution in [2.45, 2.75) is 13.0 Å². The number of hydrogen-bond acceptors (Lipinski definition) is 4. The molecule has 0 aliphatic heterocycles. The number of nitrogens with zero attached hydrogens (tertiary/aromatic N) is 2. The van der Waals surface area contributed by atoms with Crippen LogP contribution < -0.4 is 5.32 Å². The number of carbonyl (C=O) groups is 1. The predicted octanol–water partition coefficient (Wildman–Crippen LogP) is 3.08. The number of hydrogen-bond donors (Lipinski definition) is 1. The normalized spacial score (nSPS) is 12.0. The molecule has 0 bridgehead atoms. The Hall–Kier alpha value is -2.80. The lowest BCUT2D eigenvalue weighted by molar-refractivity contribution is -0.385. The Kier molecular flexibility index (Phi) is 5.82. The topological polar surface area (TPSA) is 75.5 Å². The largest absolute Gasteiger partial charge is 0.350 e. The Morgan fingerprint density at radius 2 is 1.96 bits per heavy atom. The van der Waals surface area contributed by atoms with Crippen LogP contribution in [-0.4, -0.2) is 36.4 Å². The van der Waals surface area contributed by atoms with Crippen LogP contribution in [0.5, 0.6) is 0 Å². The first-order valence-corrected chi connectivity index (χ1v) is 7.75. The van der Waals surface area contributed by atoms with E-state index in [2.05, 4.69) is 5.32 Å². The lowest BCUT2D eigenvalue weighted by Crippen LogP contribution is -2.34. The van der Waals surface area contributed by atoms with Gasteiger partial charge in [0.05, 0.1) is 11.0 Å². The van der Waals surface area contributed by atoms with Crippen LogP contribution in [0, 0.1) is 22.9 Å². The maximum atomic E-state index is 13.5. The van der Waals surface area contributed by atoms with Gasteiger partial charge in [-0.3, -0.25) is 14.9 Å². The first kappa shape index (κ1) is 18.5. The molecule has 2 aromatic rings. The number of nitrogens with one attached hydrogen (secondary N) is 1. The van der Waals surface area contributed by atoms with E-state index < -0.39 is 10.8 Å². The van der Waals surface area contributed by atoms with E-state index >= 15 is 0 Å². The number of halogens is 1. The fourth-order valence-corrected chi connectivity index (χ4v) is 2.68. The first-order valence-electron chi connectivity index (χ1n) is 7.75. The summed E-state index contributed by atoms with van der Waals surface area (Å²) in [5, 5.41) is 13.9. The number of nitro groups is 1. The van der Waals surface area contributed by atoms with Gasteiger partial charge in [-0.2, -0.15) is 0 Å². The van der Waals surface area contributed by atoms with E-state index in [1.165, 1.54) is 18.2 Å². The SMILES string of the molecule is Cc1cccc(C(=O)NC[C@H](c2cccc(F)c2)N(C)C)c1[N+](=O)[O-]. The molecule has 25 heavy (non-hydrogen) atoms. The molecule has 0 aliphatic carbocycles. The minimum absolute atomic E-state index is 0.0155. The van der Waals surface area contributed by atoms with Crippen LogP contribution >= 0.6 is 0 Å². The van der Waals surface area contributed by atoms with Crippen molar-refractivity contribution >= 4 is 11.6 Å². The number of rotatable bonds is 6. The lowest BCUT2D eigenvalue weighted by atomic mass is 10.0. The van der Waals surface area contributed by atoms with Gasteiger partial charge in [0.1, 0.15) is 11.4 Å². The molecule has 7 heteroatoms. The summed E-state index contributed by atoms with van der Waals surface area (Å²) < 4.78 is 13.5. The Morgan fingerprint density at radius 1 is 1.28 bits per heavy atom. The van der Waals surface area contributed by atoms with Crippen LogP contribution in [0.3, 0.4) is 0 Å². The highest BCUT2D eigenvalue weighted by Gasteiger charge is 2.23. The molecule has 0 aliphatic rings. The summed E-state index contributed by atoms with van der Waals surface area (Å²) in [5.74, 6) is -0.886. The van der Waals surface area contributed by atoms with Gasteiger partial charge in [0.2, 0.25) is 0 Å². The van der Waals surface area contributed by atoms with E-state index in [9.17, 15) is 19.3 Å². The molecule has 1 N–H and O–H groups in total. The molecule has 0 saturated carbocycles. The summed E-state index contributed by atoms with van der Waals surface area (Å²) in [4.78, 5) is 25.0. The molecule has 0 heterocycles. The van der Waals surface area contributed by atoms with Gasteiger partial charge in [-0.05, 0) is 44.8 Å². The van der Waals surface area contributed by atoms with Crippen LogP contribution in [0.15, 0.2) is 42.5 Å². The molecule has 2 aromatic carbocycles. The number of amides is 1. The molecule has 1 atom stereocenters. The summed E-state index contributed by atoms with van der Waals surface area (Å²) in [6.07, 6.45) is 0. The van der Waals surface area contributed by atoms with Crippen molar-refractivity contribution in [2.24, 2.45) is 0 Å². The second-order valence-corrected chi connectivity index (χ2v) is 5.97. The third kappa shape index (κ3) is 4.39. The van der Waals surface area contributed by atoms with E-state index in [-0.39, 0.29) is 29.7 Å². The zero-order valence-electron chi connectivity index (χ0n) is 14.3. The summed E-state index contributed by atoms with van der Waals surface area (Å²) in [6, 6.07) is 10.5. The molecule has 0 unspecified atom stereocenters. The molecule has 132 valence electrons. The third-order valence-electron chi connectivity index (χ3n) is 3.98. The van der Waals surface area contributed by atoms with Crippen molar-refractivity contribution in [1.82, 2.24) is 10.2 Å². The average molecular weight is 345 g/mol. The molecular formula is C18H20FN3O3. The van der Waals surface area contributed by atoms with E-state index in [0.717, 1.165) is 0 Å². The van der Waals surface area contributed by atoms with Gasteiger partial charge < -0.3 is 10.2 Å². The molecule has 0 spiro atoms. The highest BCUT2D eigenvalue weighted by atomic mass is 19.1. The number of carbonyl (C=O) groups excluding carboxylic acids is 1. The molecule has 6 nitrogen and oxygen atoms in total. The van der Waals surface area contributed by atoms with Gasteiger partial charge in [0.25, 0.3) is 11.6 Å². The number of para-hydroxylation sites is 1. The quantitative estimate of drug-likeness (QED) is 0.645. The molecular weight excluding hydrogens is 325 g/mol. The van der Waals surface area contributed by atoms with Crippen molar-refractivity contribution in [3.8, 4) is 0 Å². The summed E-state index contributed by atoms with van der Waals surface area (Å²) in [5.41, 5.74) is 0.949. The Bertz CT molecular complexity index is 793. The van der Waals surface area contributed by atoms with E-state index in [4.69, 9.17) is 0 Å². The predicted molar refractivity (Wildman–Crippen MR) is 93.0 cm³/mol. The van der Waals surface area contributed by atoms with Gasteiger partial charge in [0.15, 0.2) is 0 Å². The highest BCUT2D eigenvalue weighted by Crippen LogP contribution is 2.23. The number of nitro benzene ring substituents is 1. The molecule has 0 saturated heterocycles. The first-order chi connectivity index (χ1) is 11.8. The lowest BCUT2D eigenvalue weighted by Gasteiger charge is -2.25. The summed E-state index contributed by atoms with van der Waals surface area (Å²) >= 11 is 0. The number of benzene rings is 2. The van der Waals surface area contributed by atoms with Crippen molar-refractivity contribution in [3.63, 3.8) is 0 Å². The van der Waals surface area contributed by atoms with E-state index in [1.54, 1.807) is 31.2 Å². The molecule has 2 rings (SSSR count). The number of likely N-dealkylation sites (N-methyl/N-ethyl adjacent to an activating group) is 1. The maximum absolute atomic E-state index is 13.5. The standard InChI is InChI=1S/C18H20FN3O3/c1-12-6-4-9-15(17(12)22(24)25)18(23)20-11-16(21(2)3)13-7-5-8-14(19)10-13/h4-10,16H,11H2,1-3H3,(H,20,23)/t16-/m1/s1. The molecule has 0 aromatic heterocycles. The van der Waals surface area contributed by atoms with Crippen LogP contribution in [-0.2, 0) is 0 Å². The van der Waals surface area contributed by atoms with Crippen LogP contribution in [0.2, 0.25) is 0 Å². The molecule has 0 fully saturated rings. The minimum Gasteiger partial charge on any atom is -0.350 e. The average Bonchev–Trinajstić information content (AvgIpc) is 2.54. The van der Waals surface area contributed by atoms with Crippen LogP contribution in [0.25, 0.3) is 0 Å². The van der Waals surface area contributed by atoms with Gasteiger partial charge in [0, 0.05) is 12.1 Å². The van der Waals surface area contributed by atoms with Gasteiger partial charge in [-0.1, -0.05) is 24.3 Å². The third-order valence-corrected chi connectivity index (χ3v) is 3.98. The van der Waals surface area contributed by atoms with Gasteiger partial charge >= 0.3 is 0 Å². The summed E-state index contributed by atoms with van der Waals surface area (Å²) in [6.45, 7) is 1.78. The molecule has 1 amide bonds. The fraction of sp³-hybridized carbons (Fsp3) is 0.278. The van der Waals surface area contributed by atoms with Crippen LogP contribution in [0.1, 0.15) is 27.5 Å². The Balaban J connectivity index is 2.20. The highest BCUT2D eigenvalue weighted by molar-refractivity contribution is 5.98. The number of aryl methyl sites for hydroxylation is 1. The van der Waals surface area contributed by atoms with Crippen LogP contribution in [0.4, 0.5) is 10.1 Å².